The van der Waals surface area contributed by atoms with E-state index in [0.29, 0.717) is 41.5 Å². The molecule has 0 aliphatic carbocycles. The third kappa shape index (κ3) is 7.65. The standard InChI is InChI=1S/C30H27N3O4S/c1-21-19-24(15-16-27(21)32-28(34)22-9-4-2-5-10-22)31-30(38)33-29(35)23-11-8-14-26(20-23)37-18-17-36-25-12-6-3-7-13-25/h2-16,19-20H,17-18H2,1H3,(H,32,34)(H2,31,33,35,38). The number of amides is 2. The number of para-hydroxylation sites is 1. The van der Waals surface area contributed by atoms with Gasteiger partial charge in [0.05, 0.1) is 0 Å². The van der Waals surface area contributed by atoms with E-state index in [4.69, 9.17) is 21.7 Å². The topological polar surface area (TPSA) is 88.7 Å². The van der Waals surface area contributed by atoms with Gasteiger partial charge in [-0.05, 0) is 85.4 Å². The minimum Gasteiger partial charge on any atom is -0.490 e. The van der Waals surface area contributed by atoms with E-state index in [1.54, 1.807) is 48.5 Å². The summed E-state index contributed by atoms with van der Waals surface area (Å²) in [4.78, 5) is 25.2. The quantitative estimate of drug-likeness (QED) is 0.188. The van der Waals surface area contributed by atoms with E-state index in [1.807, 2.05) is 61.5 Å². The van der Waals surface area contributed by atoms with Gasteiger partial charge in [0.1, 0.15) is 24.7 Å². The summed E-state index contributed by atoms with van der Waals surface area (Å²) in [7, 11) is 0. The zero-order chi connectivity index (χ0) is 26.7. The highest BCUT2D eigenvalue weighted by atomic mass is 32.1. The lowest BCUT2D eigenvalue weighted by molar-refractivity contribution is 0.0975. The van der Waals surface area contributed by atoms with Crippen LogP contribution in [0.3, 0.4) is 0 Å². The Morgan fingerprint density at radius 2 is 1.32 bits per heavy atom. The molecule has 0 fully saturated rings. The molecular weight excluding hydrogens is 498 g/mol. The second kappa shape index (κ2) is 13.0. The monoisotopic (exact) mass is 525 g/mol. The third-order valence-corrected chi connectivity index (χ3v) is 5.66. The molecule has 4 rings (SSSR count). The minimum absolute atomic E-state index is 0.151. The van der Waals surface area contributed by atoms with Gasteiger partial charge in [0, 0.05) is 22.5 Å². The van der Waals surface area contributed by atoms with Crippen molar-refractivity contribution in [1.82, 2.24) is 5.32 Å². The molecule has 0 saturated carbocycles. The maximum atomic E-state index is 12.7. The molecule has 0 aliphatic heterocycles. The van der Waals surface area contributed by atoms with E-state index >= 15 is 0 Å². The van der Waals surface area contributed by atoms with Crippen LogP contribution in [0.15, 0.2) is 103 Å². The number of ether oxygens (including phenoxy) is 2. The van der Waals surface area contributed by atoms with E-state index in [9.17, 15) is 9.59 Å². The van der Waals surface area contributed by atoms with Crippen LogP contribution in [0.5, 0.6) is 11.5 Å². The number of thiocarbonyl (C=S) groups is 1. The van der Waals surface area contributed by atoms with Crippen molar-refractivity contribution in [2.24, 2.45) is 0 Å². The molecule has 0 aliphatic rings. The van der Waals surface area contributed by atoms with Crippen LogP contribution in [0, 0.1) is 6.92 Å². The number of carbonyl (C=O) groups is 2. The van der Waals surface area contributed by atoms with Crippen LogP contribution in [0.25, 0.3) is 0 Å². The van der Waals surface area contributed by atoms with Gasteiger partial charge >= 0.3 is 0 Å². The van der Waals surface area contributed by atoms with Crippen LogP contribution < -0.4 is 25.4 Å². The SMILES string of the molecule is Cc1cc(NC(=S)NC(=O)c2cccc(OCCOc3ccccc3)c2)ccc1NC(=O)c1ccccc1. The Kier molecular flexibility index (Phi) is 9.04. The molecule has 0 heterocycles. The number of nitrogens with one attached hydrogen (secondary N) is 3. The van der Waals surface area contributed by atoms with E-state index < -0.39 is 0 Å². The van der Waals surface area contributed by atoms with Crippen LogP contribution in [-0.2, 0) is 0 Å². The van der Waals surface area contributed by atoms with Crippen molar-refractivity contribution in [3.8, 4) is 11.5 Å². The Bertz CT molecular complexity index is 1410. The average molecular weight is 526 g/mol. The van der Waals surface area contributed by atoms with Crippen molar-refractivity contribution in [2.75, 3.05) is 23.8 Å². The first-order valence-corrected chi connectivity index (χ1v) is 12.4. The molecule has 0 radical (unpaired) electrons. The lowest BCUT2D eigenvalue weighted by Gasteiger charge is -2.13. The molecule has 0 bridgehead atoms. The fourth-order valence-corrected chi connectivity index (χ4v) is 3.78. The summed E-state index contributed by atoms with van der Waals surface area (Å²) in [5.74, 6) is 0.771. The molecule has 0 saturated heterocycles. The Morgan fingerprint density at radius 3 is 2.03 bits per heavy atom. The minimum atomic E-state index is -0.364. The molecule has 8 heteroatoms. The average Bonchev–Trinajstić information content (AvgIpc) is 2.93. The molecule has 7 nitrogen and oxygen atoms in total. The van der Waals surface area contributed by atoms with Gasteiger partial charge in [0.2, 0.25) is 0 Å². The van der Waals surface area contributed by atoms with Gasteiger partial charge in [0.15, 0.2) is 5.11 Å². The Hall–Kier alpha value is -4.69. The van der Waals surface area contributed by atoms with Crippen molar-refractivity contribution in [3.63, 3.8) is 0 Å². The molecule has 0 unspecified atom stereocenters. The number of benzene rings is 4. The molecular formula is C30H27N3O4S. The number of aryl methyl sites for hydroxylation is 1. The first kappa shape index (κ1) is 26.4. The molecule has 4 aromatic rings. The summed E-state index contributed by atoms with van der Waals surface area (Å²) in [6.07, 6.45) is 0. The van der Waals surface area contributed by atoms with Gasteiger partial charge in [-0.1, -0.05) is 42.5 Å². The van der Waals surface area contributed by atoms with E-state index in [1.165, 1.54) is 0 Å². The largest absolute Gasteiger partial charge is 0.490 e. The summed E-state index contributed by atoms with van der Waals surface area (Å²) in [5.41, 5.74) is 3.19. The van der Waals surface area contributed by atoms with Crippen LogP contribution in [0.4, 0.5) is 11.4 Å². The third-order valence-electron chi connectivity index (χ3n) is 5.46. The first-order chi connectivity index (χ1) is 18.5. The first-order valence-electron chi connectivity index (χ1n) is 12.0. The maximum absolute atomic E-state index is 12.7. The lowest BCUT2D eigenvalue weighted by Crippen LogP contribution is -2.34. The van der Waals surface area contributed by atoms with Crippen LogP contribution in [0.1, 0.15) is 26.3 Å². The summed E-state index contributed by atoms with van der Waals surface area (Å²) in [5, 5.41) is 8.74. The normalized spacial score (nSPS) is 10.2. The Labute approximate surface area is 226 Å². The Balaban J connectivity index is 1.27. The maximum Gasteiger partial charge on any atom is 0.257 e. The number of hydrogen-bond acceptors (Lipinski definition) is 5. The number of carbonyl (C=O) groups excluding carboxylic acids is 2. The highest BCUT2D eigenvalue weighted by Gasteiger charge is 2.11. The highest BCUT2D eigenvalue weighted by molar-refractivity contribution is 7.80. The van der Waals surface area contributed by atoms with Gasteiger partial charge in [-0.15, -0.1) is 0 Å². The molecule has 0 aromatic heterocycles. The predicted molar refractivity (Wildman–Crippen MR) is 153 cm³/mol. The molecule has 0 atom stereocenters. The van der Waals surface area contributed by atoms with Crippen molar-refractivity contribution in [2.45, 2.75) is 6.92 Å². The van der Waals surface area contributed by atoms with E-state index in [-0.39, 0.29) is 16.9 Å². The van der Waals surface area contributed by atoms with Crippen LogP contribution in [0.2, 0.25) is 0 Å². The van der Waals surface area contributed by atoms with E-state index in [0.717, 1.165) is 11.3 Å². The summed E-state index contributed by atoms with van der Waals surface area (Å²) in [6, 6.07) is 30.7. The zero-order valence-electron chi connectivity index (χ0n) is 20.8. The van der Waals surface area contributed by atoms with Gasteiger partial charge in [-0.2, -0.15) is 0 Å². The van der Waals surface area contributed by atoms with Crippen molar-refractivity contribution in [1.29, 1.82) is 0 Å². The van der Waals surface area contributed by atoms with E-state index in [2.05, 4.69) is 16.0 Å². The molecule has 4 aromatic carbocycles. The summed E-state index contributed by atoms with van der Waals surface area (Å²) < 4.78 is 11.3. The fourth-order valence-electron chi connectivity index (χ4n) is 3.57. The molecule has 0 spiro atoms. The predicted octanol–water partition coefficient (Wildman–Crippen LogP) is 5.83. The molecule has 2 amide bonds. The van der Waals surface area contributed by atoms with Gasteiger partial charge in [-0.3, -0.25) is 14.9 Å². The van der Waals surface area contributed by atoms with Gasteiger partial charge in [0.25, 0.3) is 11.8 Å². The number of hydrogen-bond donors (Lipinski definition) is 3. The van der Waals surface area contributed by atoms with Crippen LogP contribution >= 0.6 is 12.2 Å². The molecule has 38 heavy (non-hydrogen) atoms. The van der Waals surface area contributed by atoms with Crippen molar-refractivity contribution < 1.29 is 19.1 Å². The molecule has 3 N–H and O–H groups in total. The highest BCUT2D eigenvalue weighted by Crippen LogP contribution is 2.21. The second-order valence-corrected chi connectivity index (χ2v) is 8.70. The smallest absolute Gasteiger partial charge is 0.257 e. The Morgan fingerprint density at radius 1 is 0.684 bits per heavy atom. The zero-order valence-corrected chi connectivity index (χ0v) is 21.6. The number of anilines is 2. The summed E-state index contributed by atoms with van der Waals surface area (Å²) >= 11 is 5.33. The van der Waals surface area contributed by atoms with Crippen molar-refractivity contribution >= 4 is 40.5 Å². The fraction of sp³-hybridized carbons (Fsp3) is 0.100. The summed E-state index contributed by atoms with van der Waals surface area (Å²) in [6.45, 7) is 2.59. The second-order valence-electron chi connectivity index (χ2n) is 8.30. The molecule has 192 valence electrons. The van der Waals surface area contributed by atoms with Crippen molar-refractivity contribution in [3.05, 3.63) is 120 Å². The lowest BCUT2D eigenvalue weighted by atomic mass is 10.1. The number of rotatable bonds is 9. The van der Waals surface area contributed by atoms with Crippen LogP contribution in [-0.4, -0.2) is 30.1 Å². The van der Waals surface area contributed by atoms with Gasteiger partial charge < -0.3 is 20.1 Å². The van der Waals surface area contributed by atoms with Gasteiger partial charge in [-0.25, -0.2) is 0 Å².